The van der Waals surface area contributed by atoms with Gasteiger partial charge in [0.15, 0.2) is 0 Å². The van der Waals surface area contributed by atoms with Gasteiger partial charge in [0, 0.05) is 13.2 Å². The van der Waals surface area contributed by atoms with Crippen molar-refractivity contribution >= 4 is 5.69 Å². The van der Waals surface area contributed by atoms with Crippen molar-refractivity contribution in [3.63, 3.8) is 0 Å². The number of ether oxygens (including phenoxy) is 2. The minimum atomic E-state index is 0.275. The average molecular weight is 209 g/mol. The SMILES string of the molecule is CCOc1ccccc1NC(C)COC. The Morgan fingerprint density at radius 3 is 2.73 bits per heavy atom. The van der Waals surface area contributed by atoms with Crippen molar-refractivity contribution in [3.8, 4) is 5.75 Å². The van der Waals surface area contributed by atoms with Gasteiger partial charge < -0.3 is 14.8 Å². The van der Waals surface area contributed by atoms with E-state index in [1.165, 1.54) is 0 Å². The fourth-order valence-corrected chi connectivity index (χ4v) is 1.42. The lowest BCUT2D eigenvalue weighted by atomic mass is 10.2. The van der Waals surface area contributed by atoms with E-state index in [1.807, 2.05) is 31.2 Å². The Hall–Kier alpha value is -1.22. The lowest BCUT2D eigenvalue weighted by molar-refractivity contribution is 0.190. The highest BCUT2D eigenvalue weighted by Gasteiger charge is 2.05. The van der Waals surface area contributed by atoms with Gasteiger partial charge in [-0.15, -0.1) is 0 Å². The number of para-hydroxylation sites is 2. The number of rotatable bonds is 6. The van der Waals surface area contributed by atoms with E-state index in [1.54, 1.807) is 7.11 Å². The Morgan fingerprint density at radius 2 is 2.07 bits per heavy atom. The standard InChI is InChI=1S/C12H19NO2/c1-4-15-12-8-6-5-7-11(12)13-10(2)9-14-3/h5-8,10,13H,4,9H2,1-3H3. The smallest absolute Gasteiger partial charge is 0.142 e. The van der Waals surface area contributed by atoms with Gasteiger partial charge in [0.2, 0.25) is 0 Å². The number of methoxy groups -OCH3 is 1. The third kappa shape index (κ3) is 3.80. The van der Waals surface area contributed by atoms with E-state index in [0.717, 1.165) is 11.4 Å². The monoisotopic (exact) mass is 209 g/mol. The van der Waals surface area contributed by atoms with E-state index in [4.69, 9.17) is 9.47 Å². The number of hydrogen-bond acceptors (Lipinski definition) is 3. The summed E-state index contributed by atoms with van der Waals surface area (Å²) in [6.07, 6.45) is 0. The summed E-state index contributed by atoms with van der Waals surface area (Å²) in [5.41, 5.74) is 1.02. The van der Waals surface area contributed by atoms with Crippen molar-refractivity contribution in [3.05, 3.63) is 24.3 Å². The van der Waals surface area contributed by atoms with Gasteiger partial charge in [0.1, 0.15) is 5.75 Å². The van der Waals surface area contributed by atoms with Crippen LogP contribution in [0.25, 0.3) is 0 Å². The molecule has 1 N–H and O–H groups in total. The molecule has 1 atom stereocenters. The summed E-state index contributed by atoms with van der Waals surface area (Å²) in [5, 5.41) is 3.35. The van der Waals surface area contributed by atoms with Crippen LogP contribution in [0, 0.1) is 0 Å². The fraction of sp³-hybridized carbons (Fsp3) is 0.500. The molecular formula is C12H19NO2. The third-order valence-corrected chi connectivity index (χ3v) is 2.01. The van der Waals surface area contributed by atoms with Crippen LogP contribution in [-0.4, -0.2) is 26.4 Å². The maximum atomic E-state index is 5.51. The van der Waals surface area contributed by atoms with E-state index >= 15 is 0 Å². The van der Waals surface area contributed by atoms with E-state index in [-0.39, 0.29) is 6.04 Å². The summed E-state index contributed by atoms with van der Waals surface area (Å²) in [4.78, 5) is 0. The van der Waals surface area contributed by atoms with Crippen LogP contribution in [0.3, 0.4) is 0 Å². The number of anilines is 1. The molecule has 0 fully saturated rings. The largest absolute Gasteiger partial charge is 0.492 e. The minimum Gasteiger partial charge on any atom is -0.492 e. The molecule has 3 heteroatoms. The van der Waals surface area contributed by atoms with Crippen LogP contribution in [0.2, 0.25) is 0 Å². The molecule has 84 valence electrons. The van der Waals surface area contributed by atoms with Crippen LogP contribution in [0.4, 0.5) is 5.69 Å². The van der Waals surface area contributed by atoms with Gasteiger partial charge in [-0.2, -0.15) is 0 Å². The second-order valence-electron chi connectivity index (χ2n) is 3.43. The Bertz CT molecular complexity index is 289. The molecule has 0 saturated heterocycles. The van der Waals surface area contributed by atoms with E-state index in [0.29, 0.717) is 13.2 Å². The Balaban J connectivity index is 2.66. The summed E-state index contributed by atoms with van der Waals surface area (Å²) in [5.74, 6) is 0.892. The van der Waals surface area contributed by atoms with Crippen molar-refractivity contribution in [1.82, 2.24) is 0 Å². The summed E-state index contributed by atoms with van der Waals surface area (Å²) in [6.45, 7) is 5.42. The Labute approximate surface area is 91.4 Å². The van der Waals surface area contributed by atoms with Gasteiger partial charge >= 0.3 is 0 Å². The van der Waals surface area contributed by atoms with Crippen LogP contribution in [0.5, 0.6) is 5.75 Å². The first-order valence-electron chi connectivity index (χ1n) is 5.25. The molecule has 1 rings (SSSR count). The topological polar surface area (TPSA) is 30.5 Å². The lowest BCUT2D eigenvalue weighted by Gasteiger charge is -2.17. The maximum Gasteiger partial charge on any atom is 0.142 e. The molecule has 1 aromatic rings. The van der Waals surface area contributed by atoms with Crippen molar-refractivity contribution in [1.29, 1.82) is 0 Å². The molecule has 0 radical (unpaired) electrons. The predicted molar refractivity (Wildman–Crippen MR) is 62.6 cm³/mol. The molecular weight excluding hydrogens is 190 g/mol. The molecule has 3 nitrogen and oxygen atoms in total. The van der Waals surface area contributed by atoms with Crippen LogP contribution in [0.15, 0.2) is 24.3 Å². The summed E-state index contributed by atoms with van der Waals surface area (Å²) in [7, 11) is 1.70. The number of nitrogens with one attached hydrogen (secondary N) is 1. The van der Waals surface area contributed by atoms with Crippen molar-refractivity contribution in [2.24, 2.45) is 0 Å². The second kappa shape index (κ2) is 6.30. The molecule has 0 saturated carbocycles. The average Bonchev–Trinajstić information content (AvgIpc) is 2.21. The van der Waals surface area contributed by atoms with Crippen molar-refractivity contribution in [2.75, 3.05) is 25.6 Å². The molecule has 0 spiro atoms. The number of benzene rings is 1. The van der Waals surface area contributed by atoms with Crippen LogP contribution in [0.1, 0.15) is 13.8 Å². The molecule has 0 amide bonds. The zero-order chi connectivity index (χ0) is 11.1. The normalized spacial score (nSPS) is 12.2. The second-order valence-corrected chi connectivity index (χ2v) is 3.43. The molecule has 0 aliphatic carbocycles. The zero-order valence-corrected chi connectivity index (χ0v) is 9.62. The van der Waals surface area contributed by atoms with Gasteiger partial charge in [-0.3, -0.25) is 0 Å². The van der Waals surface area contributed by atoms with Crippen molar-refractivity contribution in [2.45, 2.75) is 19.9 Å². The molecule has 15 heavy (non-hydrogen) atoms. The van der Waals surface area contributed by atoms with Gasteiger partial charge in [0.25, 0.3) is 0 Å². The zero-order valence-electron chi connectivity index (χ0n) is 9.62. The maximum absolute atomic E-state index is 5.51. The lowest BCUT2D eigenvalue weighted by Crippen LogP contribution is -2.21. The first-order valence-corrected chi connectivity index (χ1v) is 5.25. The van der Waals surface area contributed by atoms with Gasteiger partial charge in [0.05, 0.1) is 18.9 Å². The fourth-order valence-electron chi connectivity index (χ4n) is 1.42. The summed E-state index contributed by atoms with van der Waals surface area (Å²) < 4.78 is 10.6. The van der Waals surface area contributed by atoms with E-state index in [9.17, 15) is 0 Å². The third-order valence-electron chi connectivity index (χ3n) is 2.01. The number of hydrogen-bond donors (Lipinski definition) is 1. The quantitative estimate of drug-likeness (QED) is 0.781. The molecule has 0 heterocycles. The van der Waals surface area contributed by atoms with Crippen LogP contribution < -0.4 is 10.1 Å². The highest BCUT2D eigenvalue weighted by molar-refractivity contribution is 5.56. The van der Waals surface area contributed by atoms with Crippen molar-refractivity contribution < 1.29 is 9.47 Å². The van der Waals surface area contributed by atoms with Crippen LogP contribution in [-0.2, 0) is 4.74 Å². The minimum absolute atomic E-state index is 0.275. The first-order chi connectivity index (χ1) is 7.27. The predicted octanol–water partition coefficient (Wildman–Crippen LogP) is 2.53. The van der Waals surface area contributed by atoms with Crippen LogP contribution >= 0.6 is 0 Å². The summed E-state index contributed by atoms with van der Waals surface area (Å²) in [6, 6.07) is 8.21. The van der Waals surface area contributed by atoms with Gasteiger partial charge in [-0.1, -0.05) is 12.1 Å². The molecule has 0 bridgehead atoms. The van der Waals surface area contributed by atoms with Gasteiger partial charge in [-0.05, 0) is 26.0 Å². The molecule has 1 aromatic carbocycles. The first kappa shape index (κ1) is 11.9. The molecule has 0 aliphatic rings. The van der Waals surface area contributed by atoms with Gasteiger partial charge in [-0.25, -0.2) is 0 Å². The highest BCUT2D eigenvalue weighted by Crippen LogP contribution is 2.24. The van der Waals surface area contributed by atoms with E-state index < -0.39 is 0 Å². The molecule has 1 unspecified atom stereocenters. The Kier molecular flexibility index (Phi) is 4.98. The van der Waals surface area contributed by atoms with E-state index in [2.05, 4.69) is 12.2 Å². The molecule has 0 aliphatic heterocycles. The molecule has 0 aromatic heterocycles. The Morgan fingerprint density at radius 1 is 1.33 bits per heavy atom. The summed E-state index contributed by atoms with van der Waals surface area (Å²) >= 11 is 0. The highest BCUT2D eigenvalue weighted by atomic mass is 16.5.